The first-order valence-corrected chi connectivity index (χ1v) is 23.7. The minimum absolute atomic E-state index is 0.0318. The van der Waals surface area contributed by atoms with Crippen molar-refractivity contribution in [2.75, 3.05) is 11.0 Å². The van der Waals surface area contributed by atoms with E-state index in [2.05, 4.69) is 19.6 Å². The van der Waals surface area contributed by atoms with Gasteiger partial charge in [-0.3, -0.25) is 19.1 Å². The maximum absolute atomic E-state index is 12.9. The molecule has 3 N–H and O–H groups in total. The monoisotopic (exact) mass is 1010 g/mol. The minimum atomic E-state index is -4.70. The number of halogens is 6. The number of carbonyl (C=O) groups is 2. The normalized spacial score (nSPS) is 14.8. The number of ketones is 2. The molecule has 0 radical (unpaired) electrons. The molecule has 1 atom stereocenters. The molecule has 2 aliphatic heterocycles. The molecule has 2 aliphatic rings. The smallest absolute Gasteiger partial charge is 0.429 e. The van der Waals surface area contributed by atoms with Gasteiger partial charge in [-0.1, -0.05) is 53.0 Å². The Hall–Kier alpha value is -5.96. The van der Waals surface area contributed by atoms with E-state index in [0.29, 0.717) is 34.0 Å². The van der Waals surface area contributed by atoms with Gasteiger partial charge >= 0.3 is 6.18 Å². The molecule has 4 aromatic carbocycles. The van der Waals surface area contributed by atoms with E-state index in [1.807, 2.05) is 24.6 Å². The summed E-state index contributed by atoms with van der Waals surface area (Å²) in [5.41, 5.74) is 4.03. The van der Waals surface area contributed by atoms with Gasteiger partial charge in [0.05, 0.1) is 33.2 Å². The number of hydrogen-bond donors (Lipinski definition) is 3. The lowest BCUT2D eigenvalue weighted by Crippen LogP contribution is -2.39. The Balaban J connectivity index is 0.000000165. The number of nitrogens with zero attached hydrogens (tertiary/aromatic N) is 2. The van der Waals surface area contributed by atoms with Crippen molar-refractivity contribution in [2.45, 2.75) is 44.0 Å². The molecule has 0 saturated carbocycles. The maximum atomic E-state index is 12.9. The summed E-state index contributed by atoms with van der Waals surface area (Å²) in [5, 5.41) is 7.25. The number of fused-ring (bicyclic) bond motifs is 2. The Kier molecular flexibility index (Phi) is 14.9. The molecule has 66 heavy (non-hydrogen) atoms. The third-order valence-electron chi connectivity index (χ3n) is 9.68. The van der Waals surface area contributed by atoms with Crippen molar-refractivity contribution in [3.8, 4) is 17.2 Å². The zero-order valence-electron chi connectivity index (χ0n) is 35.0. The minimum Gasteiger partial charge on any atom is -0.474 e. The Bertz CT molecular complexity index is 3140. The highest BCUT2D eigenvalue weighted by Gasteiger charge is 2.47. The van der Waals surface area contributed by atoms with Crippen LogP contribution in [-0.4, -0.2) is 61.7 Å². The van der Waals surface area contributed by atoms with Gasteiger partial charge in [-0.25, -0.2) is 26.7 Å². The molecule has 8 rings (SSSR count). The SMILES string of the molecule is CC(=O)C1=Cc2cc(Cl)cc(Cl)c2O[C@@H]1C(F)(F)F.CS(=O)(=O)Nc1cc2c(cc1Oc1ccccc1)S(=O)(=O)NC2.Cc1cc(Cc2ccc(=O)[nH]n2)n(C)c1C(=O)c1ccc(Cl)cc1. The van der Waals surface area contributed by atoms with Crippen LogP contribution in [-0.2, 0) is 44.9 Å². The summed E-state index contributed by atoms with van der Waals surface area (Å²) in [5.74, 6) is -0.310. The first-order chi connectivity index (χ1) is 30.9. The molecule has 4 heterocycles. The number of Topliss-reactive ketones (excluding diaryl/α,β-unsaturated/α-hetero) is 1. The zero-order chi connectivity index (χ0) is 48.3. The summed E-state index contributed by atoms with van der Waals surface area (Å²) in [6, 6.07) is 26.1. The van der Waals surface area contributed by atoms with Crippen molar-refractivity contribution in [1.82, 2.24) is 19.5 Å². The fourth-order valence-corrected chi connectivity index (χ4v) is 9.19. The molecule has 0 saturated heterocycles. The van der Waals surface area contributed by atoms with Crippen molar-refractivity contribution in [3.63, 3.8) is 0 Å². The van der Waals surface area contributed by atoms with Crippen LogP contribution >= 0.6 is 34.8 Å². The second-order valence-corrected chi connectivity index (χ2v) is 19.5. The van der Waals surface area contributed by atoms with Crippen LogP contribution < -0.4 is 24.5 Å². The van der Waals surface area contributed by atoms with E-state index >= 15 is 0 Å². The van der Waals surface area contributed by atoms with Crippen molar-refractivity contribution in [2.24, 2.45) is 7.05 Å². The molecule has 0 amide bonds. The van der Waals surface area contributed by atoms with E-state index in [1.165, 1.54) is 30.3 Å². The van der Waals surface area contributed by atoms with Crippen molar-refractivity contribution in [3.05, 3.63) is 167 Å². The number of alkyl halides is 3. The summed E-state index contributed by atoms with van der Waals surface area (Å²) in [4.78, 5) is 35.3. The fraction of sp³-hybridized carbons (Fsp3) is 0.182. The highest BCUT2D eigenvalue weighted by Crippen LogP contribution is 2.42. The third-order valence-corrected chi connectivity index (χ3v) is 12.5. The Morgan fingerprint density at radius 3 is 2.26 bits per heavy atom. The van der Waals surface area contributed by atoms with E-state index in [-0.39, 0.29) is 55.6 Å². The number of benzene rings is 4. The third kappa shape index (κ3) is 12.1. The molecule has 14 nitrogen and oxygen atoms in total. The lowest BCUT2D eigenvalue weighted by molar-refractivity contribution is -0.184. The van der Waals surface area contributed by atoms with Gasteiger partial charge in [0.25, 0.3) is 5.56 Å². The van der Waals surface area contributed by atoms with Crippen LogP contribution in [0.5, 0.6) is 17.2 Å². The molecule has 0 aliphatic carbocycles. The fourth-order valence-electron chi connectivity index (χ4n) is 6.71. The second kappa shape index (κ2) is 19.9. The summed E-state index contributed by atoms with van der Waals surface area (Å²) in [6.07, 6.45) is -4.35. The number of para-hydroxylation sites is 1. The zero-order valence-corrected chi connectivity index (χ0v) is 38.9. The number of ether oxygens (including phenoxy) is 2. The highest BCUT2D eigenvalue weighted by molar-refractivity contribution is 7.92. The molecule has 0 fully saturated rings. The number of rotatable bonds is 9. The van der Waals surface area contributed by atoms with Crippen molar-refractivity contribution >= 4 is 78.2 Å². The number of aromatic nitrogens is 3. The molecule has 6 aromatic rings. The predicted molar refractivity (Wildman–Crippen MR) is 244 cm³/mol. The quantitative estimate of drug-likeness (QED) is 0.118. The maximum Gasteiger partial charge on any atom is 0.429 e. The molecule has 0 bridgehead atoms. The number of aromatic amines is 1. The lowest BCUT2D eigenvalue weighted by atomic mass is 9.98. The predicted octanol–water partition coefficient (Wildman–Crippen LogP) is 8.82. The van der Waals surface area contributed by atoms with Crippen LogP contribution in [0, 0.1) is 6.92 Å². The molecule has 22 heteroatoms. The number of aryl methyl sites for hydroxylation is 1. The van der Waals surface area contributed by atoms with Crippen LogP contribution in [0.3, 0.4) is 0 Å². The summed E-state index contributed by atoms with van der Waals surface area (Å²) in [7, 11) is -5.27. The van der Waals surface area contributed by atoms with Crippen LogP contribution in [0.25, 0.3) is 6.08 Å². The number of anilines is 1. The first kappa shape index (κ1) is 49.5. The first-order valence-electron chi connectivity index (χ1n) is 19.2. The van der Waals surface area contributed by atoms with E-state index in [4.69, 9.17) is 44.3 Å². The lowest BCUT2D eigenvalue weighted by Gasteiger charge is -2.28. The summed E-state index contributed by atoms with van der Waals surface area (Å²) < 4.78 is 103. The van der Waals surface area contributed by atoms with Gasteiger partial charge in [-0.05, 0) is 97.8 Å². The van der Waals surface area contributed by atoms with Gasteiger partial charge in [0, 0.05) is 64.6 Å². The standard InChI is InChI=1S/C18H16ClN3O2.C14H14N2O5S2.C12H7Cl2F3O2/c1-11-9-15(10-14-7-8-16(23)21-20-14)22(2)17(11)18(24)12-3-5-13(19)6-4-12;1-22(17,18)16-12-7-10-9-15-23(19,20)14(10)8-13(12)21-11-5-3-2-4-6-11;1-5(18)8-3-6-2-7(13)4-9(14)10(6)19-11(8)12(15,16)17/h3-9H,10H2,1-2H3,(H,21,23);2-8,15-16H,9H2,1H3;2-4,11H,1H3/t;;11-/m..0/s1. The highest BCUT2D eigenvalue weighted by atomic mass is 35.5. The number of carbonyl (C=O) groups excluding carboxylic acids is 2. The van der Waals surface area contributed by atoms with Crippen molar-refractivity contribution in [1.29, 1.82) is 0 Å². The molecule has 346 valence electrons. The van der Waals surface area contributed by atoms with Gasteiger partial charge in [0.2, 0.25) is 31.9 Å². The molecule has 0 unspecified atom stereocenters. The summed E-state index contributed by atoms with van der Waals surface area (Å²) in [6.45, 7) is 3.07. The number of hydrogen-bond acceptors (Lipinski definition) is 10. The van der Waals surface area contributed by atoms with E-state index in [0.717, 1.165) is 36.2 Å². The van der Waals surface area contributed by atoms with Gasteiger partial charge in [0.1, 0.15) is 11.5 Å². The average Bonchev–Trinajstić information content (AvgIpc) is 3.69. The van der Waals surface area contributed by atoms with E-state index in [1.54, 1.807) is 60.7 Å². The number of H-pyrrole nitrogens is 1. The van der Waals surface area contributed by atoms with E-state index < -0.39 is 43.7 Å². The Morgan fingerprint density at radius 2 is 1.65 bits per heavy atom. The van der Waals surface area contributed by atoms with Crippen LogP contribution in [0.15, 0.2) is 112 Å². The van der Waals surface area contributed by atoms with Gasteiger partial charge in [-0.2, -0.15) is 18.3 Å². The molecular weight excluding hydrogens is 970 g/mol. The molecule has 2 aromatic heterocycles. The van der Waals surface area contributed by atoms with Gasteiger partial charge in [0.15, 0.2) is 11.5 Å². The summed E-state index contributed by atoms with van der Waals surface area (Å²) >= 11 is 17.4. The van der Waals surface area contributed by atoms with Gasteiger partial charge < -0.3 is 14.0 Å². The number of nitrogens with one attached hydrogen (secondary N) is 3. The van der Waals surface area contributed by atoms with Crippen LogP contribution in [0.2, 0.25) is 15.1 Å². The number of sulfonamides is 2. The van der Waals surface area contributed by atoms with Crippen molar-refractivity contribution < 1.29 is 49.1 Å². The molecular formula is C44H37Cl3F3N5O9S2. The van der Waals surface area contributed by atoms with Crippen LogP contribution in [0.1, 0.15) is 51.1 Å². The van der Waals surface area contributed by atoms with Gasteiger partial charge in [-0.15, -0.1) is 0 Å². The molecule has 0 spiro atoms. The Morgan fingerprint density at radius 1 is 0.970 bits per heavy atom. The second-order valence-electron chi connectivity index (χ2n) is 14.7. The average molecular weight is 1010 g/mol. The topological polar surface area (TPSA) is 196 Å². The van der Waals surface area contributed by atoms with Crippen LogP contribution in [0.4, 0.5) is 18.9 Å². The Labute approximate surface area is 391 Å². The largest absolute Gasteiger partial charge is 0.474 e. The van der Waals surface area contributed by atoms with E-state index in [9.17, 15) is 44.4 Å².